The van der Waals surface area contributed by atoms with Gasteiger partial charge in [-0.2, -0.15) is 5.26 Å². The lowest BCUT2D eigenvalue weighted by Crippen LogP contribution is -2.05. The summed E-state index contributed by atoms with van der Waals surface area (Å²) in [5.41, 5.74) is 10.0. The van der Waals surface area contributed by atoms with Gasteiger partial charge in [0, 0.05) is 24.0 Å². The summed E-state index contributed by atoms with van der Waals surface area (Å²) in [5.74, 6) is 0. The van der Waals surface area contributed by atoms with Crippen molar-refractivity contribution in [3.8, 4) is 6.07 Å². The Hall–Kier alpha value is -2.08. The third kappa shape index (κ3) is 2.48. The highest BCUT2D eigenvalue weighted by atomic mass is 14.7. The molecule has 0 aliphatic heterocycles. The van der Waals surface area contributed by atoms with Crippen molar-refractivity contribution in [2.75, 3.05) is 7.05 Å². The van der Waals surface area contributed by atoms with Gasteiger partial charge in [0.15, 0.2) is 0 Å². The van der Waals surface area contributed by atoms with Crippen LogP contribution in [0.5, 0.6) is 0 Å². The fourth-order valence-corrected chi connectivity index (χ4v) is 1.55. The molecule has 0 aromatic heterocycles. The minimum absolute atomic E-state index is 0.642. The lowest BCUT2D eigenvalue weighted by molar-refractivity contribution is 1.31. The minimum Gasteiger partial charge on any atom is -0.402 e. The van der Waals surface area contributed by atoms with Crippen molar-refractivity contribution >= 4 is 11.3 Å². The molecule has 0 saturated carbocycles. The first-order chi connectivity index (χ1) is 7.60. The first-order valence-corrected chi connectivity index (χ1v) is 5.00. The van der Waals surface area contributed by atoms with Crippen LogP contribution in [0.15, 0.2) is 35.0 Å². The highest BCUT2D eigenvalue weighted by molar-refractivity contribution is 6.23. The van der Waals surface area contributed by atoms with E-state index in [-0.39, 0.29) is 0 Å². The van der Waals surface area contributed by atoms with Crippen LogP contribution in [0.1, 0.15) is 25.0 Å². The molecular formula is C13H15N3. The summed E-state index contributed by atoms with van der Waals surface area (Å²) < 4.78 is 0. The Morgan fingerprint density at radius 2 is 1.81 bits per heavy atom. The van der Waals surface area contributed by atoms with Crippen LogP contribution in [0.2, 0.25) is 0 Å². The fourth-order valence-electron chi connectivity index (χ4n) is 1.55. The smallest absolute Gasteiger partial charge is 0.0991 e. The summed E-state index contributed by atoms with van der Waals surface area (Å²) in [6, 6.07) is 9.42. The number of nitriles is 1. The molecule has 0 amide bonds. The van der Waals surface area contributed by atoms with Crippen molar-refractivity contribution in [1.82, 2.24) is 0 Å². The van der Waals surface area contributed by atoms with Crippen molar-refractivity contribution in [1.29, 1.82) is 5.26 Å². The van der Waals surface area contributed by atoms with Crippen molar-refractivity contribution in [3.05, 3.63) is 41.1 Å². The number of rotatable bonds is 2. The Morgan fingerprint density at radius 1 is 1.25 bits per heavy atom. The fraction of sp³-hybridized carbons (Fsp3) is 0.231. The van der Waals surface area contributed by atoms with Gasteiger partial charge in [0.05, 0.1) is 11.6 Å². The van der Waals surface area contributed by atoms with Crippen LogP contribution in [0.4, 0.5) is 0 Å². The zero-order chi connectivity index (χ0) is 12.1. The Kier molecular flexibility index (Phi) is 3.84. The van der Waals surface area contributed by atoms with Crippen molar-refractivity contribution in [2.45, 2.75) is 13.8 Å². The number of benzene rings is 1. The van der Waals surface area contributed by atoms with Gasteiger partial charge in [-0.15, -0.1) is 0 Å². The SMILES string of the molecule is CN=C(C)/C(=C(\C)N)c1ccc(C#N)cc1. The summed E-state index contributed by atoms with van der Waals surface area (Å²) >= 11 is 0. The standard InChI is InChI=1S/C13H15N3/c1-9(15)13(10(2)16-3)12-6-4-11(8-14)5-7-12/h4-7H,15H2,1-3H3/b13-9-,16-10?. The minimum atomic E-state index is 0.642. The number of hydrogen-bond donors (Lipinski definition) is 1. The van der Waals surface area contributed by atoms with E-state index in [1.807, 2.05) is 26.0 Å². The predicted octanol–water partition coefficient (Wildman–Crippen LogP) is 2.34. The molecule has 2 N–H and O–H groups in total. The molecule has 0 atom stereocenters. The quantitative estimate of drug-likeness (QED) is 0.766. The number of aliphatic imine (C=N–C) groups is 1. The molecule has 0 fully saturated rings. The molecule has 0 aliphatic carbocycles. The highest BCUT2D eigenvalue weighted by Crippen LogP contribution is 2.19. The van der Waals surface area contributed by atoms with Crippen LogP contribution in [0.3, 0.4) is 0 Å². The molecule has 0 heterocycles. The van der Waals surface area contributed by atoms with E-state index in [1.165, 1.54) is 0 Å². The van der Waals surface area contributed by atoms with E-state index in [2.05, 4.69) is 11.1 Å². The van der Waals surface area contributed by atoms with Gasteiger partial charge in [0.25, 0.3) is 0 Å². The Labute approximate surface area is 95.9 Å². The summed E-state index contributed by atoms with van der Waals surface area (Å²) in [6.07, 6.45) is 0. The van der Waals surface area contributed by atoms with E-state index in [0.717, 1.165) is 22.5 Å². The molecule has 1 rings (SSSR count). The third-order valence-electron chi connectivity index (χ3n) is 2.39. The van der Waals surface area contributed by atoms with E-state index in [1.54, 1.807) is 19.2 Å². The van der Waals surface area contributed by atoms with E-state index in [9.17, 15) is 0 Å². The summed E-state index contributed by atoms with van der Waals surface area (Å²) in [5, 5.41) is 8.72. The molecule has 0 aliphatic rings. The second kappa shape index (κ2) is 5.13. The second-order valence-electron chi connectivity index (χ2n) is 3.56. The number of nitrogens with two attached hydrogens (primary N) is 1. The van der Waals surface area contributed by atoms with Gasteiger partial charge < -0.3 is 5.73 Å². The largest absolute Gasteiger partial charge is 0.402 e. The normalized spacial score (nSPS) is 13.0. The zero-order valence-electron chi connectivity index (χ0n) is 9.78. The first kappa shape index (κ1) is 12.0. The van der Waals surface area contributed by atoms with Crippen LogP contribution in [0.25, 0.3) is 5.57 Å². The molecule has 1 aromatic carbocycles. The number of nitrogens with zero attached hydrogens (tertiary/aromatic N) is 2. The third-order valence-corrected chi connectivity index (χ3v) is 2.39. The summed E-state index contributed by atoms with van der Waals surface area (Å²) in [4.78, 5) is 4.14. The molecule has 0 unspecified atom stereocenters. The number of allylic oxidation sites excluding steroid dienone is 2. The van der Waals surface area contributed by atoms with Gasteiger partial charge in [0.1, 0.15) is 0 Å². The Balaban J connectivity index is 3.25. The van der Waals surface area contributed by atoms with Gasteiger partial charge >= 0.3 is 0 Å². The van der Waals surface area contributed by atoms with Gasteiger partial charge in [-0.05, 0) is 31.5 Å². The zero-order valence-corrected chi connectivity index (χ0v) is 9.78. The monoisotopic (exact) mass is 213 g/mol. The molecular weight excluding hydrogens is 198 g/mol. The van der Waals surface area contributed by atoms with Crippen molar-refractivity contribution in [2.24, 2.45) is 10.7 Å². The van der Waals surface area contributed by atoms with Crippen LogP contribution in [-0.2, 0) is 0 Å². The van der Waals surface area contributed by atoms with Crippen LogP contribution in [-0.4, -0.2) is 12.8 Å². The molecule has 3 heteroatoms. The maximum atomic E-state index is 8.72. The van der Waals surface area contributed by atoms with Crippen LogP contribution < -0.4 is 5.73 Å². The molecule has 1 aromatic rings. The molecule has 0 spiro atoms. The lowest BCUT2D eigenvalue weighted by atomic mass is 9.99. The average molecular weight is 213 g/mol. The maximum absolute atomic E-state index is 8.72. The Morgan fingerprint density at radius 3 is 2.19 bits per heavy atom. The predicted molar refractivity (Wildman–Crippen MR) is 67.0 cm³/mol. The van der Waals surface area contributed by atoms with Gasteiger partial charge in [-0.3, -0.25) is 4.99 Å². The van der Waals surface area contributed by atoms with Crippen LogP contribution >= 0.6 is 0 Å². The molecule has 82 valence electrons. The first-order valence-electron chi connectivity index (χ1n) is 5.00. The lowest BCUT2D eigenvalue weighted by Gasteiger charge is -2.09. The molecule has 3 nitrogen and oxygen atoms in total. The molecule has 16 heavy (non-hydrogen) atoms. The second-order valence-corrected chi connectivity index (χ2v) is 3.56. The van der Waals surface area contributed by atoms with Crippen molar-refractivity contribution in [3.63, 3.8) is 0 Å². The number of hydrogen-bond acceptors (Lipinski definition) is 3. The molecule has 0 bridgehead atoms. The molecule has 0 saturated heterocycles. The summed E-state index contributed by atoms with van der Waals surface area (Å²) in [7, 11) is 1.74. The van der Waals surface area contributed by atoms with E-state index in [4.69, 9.17) is 11.0 Å². The highest BCUT2D eigenvalue weighted by Gasteiger charge is 2.07. The van der Waals surface area contributed by atoms with E-state index in [0.29, 0.717) is 5.56 Å². The van der Waals surface area contributed by atoms with Gasteiger partial charge in [0.2, 0.25) is 0 Å². The van der Waals surface area contributed by atoms with Crippen LogP contribution in [0, 0.1) is 11.3 Å². The van der Waals surface area contributed by atoms with Crippen molar-refractivity contribution < 1.29 is 0 Å². The van der Waals surface area contributed by atoms with E-state index < -0.39 is 0 Å². The molecule has 0 radical (unpaired) electrons. The van der Waals surface area contributed by atoms with E-state index >= 15 is 0 Å². The maximum Gasteiger partial charge on any atom is 0.0991 e. The average Bonchev–Trinajstić information content (AvgIpc) is 2.29. The van der Waals surface area contributed by atoms with Gasteiger partial charge in [-0.1, -0.05) is 12.1 Å². The van der Waals surface area contributed by atoms with Gasteiger partial charge in [-0.25, -0.2) is 0 Å². The summed E-state index contributed by atoms with van der Waals surface area (Å²) in [6.45, 7) is 3.77. The topological polar surface area (TPSA) is 62.2 Å². The Bertz CT molecular complexity index is 469.